The van der Waals surface area contributed by atoms with Gasteiger partial charge in [0.25, 0.3) is 0 Å². The summed E-state index contributed by atoms with van der Waals surface area (Å²) in [7, 11) is -2.14. The molecule has 0 amide bonds. The first-order valence-electron chi connectivity index (χ1n) is 12.1. The highest BCUT2D eigenvalue weighted by Crippen LogP contribution is 2.35. The lowest BCUT2D eigenvalue weighted by Crippen LogP contribution is -2.12. The monoisotopic (exact) mass is 489 g/mol. The van der Waals surface area contributed by atoms with Crippen molar-refractivity contribution in [3.63, 3.8) is 0 Å². The second-order valence-corrected chi connectivity index (χ2v) is 12.2. The van der Waals surface area contributed by atoms with Crippen LogP contribution in [0.15, 0.2) is 24.3 Å². The summed E-state index contributed by atoms with van der Waals surface area (Å²) in [4.78, 5) is 0. The molecule has 6 heteroatoms. The van der Waals surface area contributed by atoms with Crippen molar-refractivity contribution in [3.05, 3.63) is 57.6 Å². The SMILES string of the molecule is Cc1cc(CCCO[P+](=O)OCCCc2cc(C)c(O)c(C(C)(C)C)c2)cc(C(C)(C)C)c1O. The minimum Gasteiger partial charge on any atom is -0.507 e. The van der Waals surface area contributed by atoms with Crippen LogP contribution in [0.3, 0.4) is 0 Å². The van der Waals surface area contributed by atoms with E-state index in [4.69, 9.17) is 9.05 Å². The van der Waals surface area contributed by atoms with Crippen LogP contribution in [0.1, 0.15) is 87.8 Å². The van der Waals surface area contributed by atoms with E-state index >= 15 is 0 Å². The first-order chi connectivity index (χ1) is 15.7. The smallest absolute Gasteiger partial charge is 0.507 e. The zero-order chi connectivity index (χ0) is 25.7. The number of hydrogen-bond donors (Lipinski definition) is 2. The Morgan fingerprint density at radius 2 is 1.06 bits per heavy atom. The first-order valence-corrected chi connectivity index (χ1v) is 13.2. The van der Waals surface area contributed by atoms with Gasteiger partial charge in [-0.2, -0.15) is 0 Å². The molecular formula is C28H42O5P+. The van der Waals surface area contributed by atoms with Crippen molar-refractivity contribution < 1.29 is 23.8 Å². The van der Waals surface area contributed by atoms with Gasteiger partial charge in [0.15, 0.2) is 0 Å². The lowest BCUT2D eigenvalue weighted by molar-refractivity contribution is 0.222. The van der Waals surface area contributed by atoms with E-state index in [1.807, 2.05) is 26.0 Å². The van der Waals surface area contributed by atoms with Crippen molar-refractivity contribution in [1.82, 2.24) is 0 Å². The number of benzene rings is 2. The van der Waals surface area contributed by atoms with Gasteiger partial charge in [-0.15, -0.1) is 9.05 Å². The molecule has 2 aromatic carbocycles. The summed E-state index contributed by atoms with van der Waals surface area (Å²) in [5, 5.41) is 20.7. The van der Waals surface area contributed by atoms with Gasteiger partial charge in [0.2, 0.25) is 0 Å². The summed E-state index contributed by atoms with van der Waals surface area (Å²) in [5.41, 5.74) is 5.63. The molecule has 0 aliphatic rings. The van der Waals surface area contributed by atoms with Crippen LogP contribution in [0.2, 0.25) is 0 Å². The van der Waals surface area contributed by atoms with E-state index in [-0.39, 0.29) is 10.8 Å². The molecule has 0 radical (unpaired) electrons. The molecule has 188 valence electrons. The number of rotatable bonds is 10. The van der Waals surface area contributed by atoms with Crippen molar-refractivity contribution in [3.8, 4) is 11.5 Å². The number of hydrogen-bond acceptors (Lipinski definition) is 5. The molecule has 0 saturated heterocycles. The largest absolute Gasteiger partial charge is 0.697 e. The second kappa shape index (κ2) is 11.7. The molecule has 0 aromatic heterocycles. The molecule has 0 aliphatic carbocycles. The Bertz CT molecular complexity index is 920. The molecule has 0 saturated carbocycles. The van der Waals surface area contributed by atoms with Crippen molar-refractivity contribution in [2.45, 2.75) is 91.9 Å². The Morgan fingerprint density at radius 1 is 0.706 bits per heavy atom. The molecule has 0 unspecified atom stereocenters. The van der Waals surface area contributed by atoms with E-state index in [2.05, 4.69) is 53.7 Å². The zero-order valence-corrected chi connectivity index (χ0v) is 23.0. The second-order valence-electron chi connectivity index (χ2n) is 11.2. The van der Waals surface area contributed by atoms with E-state index in [1.165, 1.54) is 0 Å². The molecule has 34 heavy (non-hydrogen) atoms. The fraction of sp³-hybridized carbons (Fsp3) is 0.571. The van der Waals surface area contributed by atoms with Crippen LogP contribution < -0.4 is 0 Å². The van der Waals surface area contributed by atoms with E-state index in [0.29, 0.717) is 24.7 Å². The number of aromatic hydroxyl groups is 2. The van der Waals surface area contributed by atoms with Gasteiger partial charge >= 0.3 is 8.25 Å². The van der Waals surface area contributed by atoms with E-state index in [9.17, 15) is 14.8 Å². The minimum atomic E-state index is -2.14. The average Bonchev–Trinajstić information content (AvgIpc) is 2.71. The Morgan fingerprint density at radius 3 is 1.38 bits per heavy atom. The fourth-order valence-corrected chi connectivity index (χ4v) is 4.64. The summed E-state index contributed by atoms with van der Waals surface area (Å²) in [6.45, 7) is 17.1. The number of phenols is 2. The molecule has 2 aromatic rings. The summed E-state index contributed by atoms with van der Waals surface area (Å²) >= 11 is 0. The van der Waals surface area contributed by atoms with Gasteiger partial charge in [-0.1, -0.05) is 65.8 Å². The fourth-order valence-electron chi connectivity index (χ4n) is 4.01. The molecule has 2 N–H and O–H groups in total. The lowest BCUT2D eigenvalue weighted by atomic mass is 9.83. The molecule has 0 heterocycles. The molecule has 0 bridgehead atoms. The maximum Gasteiger partial charge on any atom is 0.697 e. The van der Waals surface area contributed by atoms with Gasteiger partial charge in [0.1, 0.15) is 24.7 Å². The number of aryl methyl sites for hydroxylation is 4. The van der Waals surface area contributed by atoms with Gasteiger partial charge in [0.05, 0.1) is 0 Å². The van der Waals surface area contributed by atoms with Crippen molar-refractivity contribution in [2.75, 3.05) is 13.2 Å². The normalized spacial score (nSPS) is 12.2. The molecule has 0 atom stereocenters. The highest BCUT2D eigenvalue weighted by molar-refractivity contribution is 7.33. The Hall–Kier alpha value is -1.94. The highest BCUT2D eigenvalue weighted by Gasteiger charge is 2.23. The van der Waals surface area contributed by atoms with Crippen LogP contribution in [0, 0.1) is 13.8 Å². The number of phenolic OH excluding ortho intramolecular Hbond substituents is 2. The average molecular weight is 490 g/mol. The van der Waals surface area contributed by atoms with Crippen molar-refractivity contribution in [1.29, 1.82) is 0 Å². The zero-order valence-electron chi connectivity index (χ0n) is 22.1. The molecule has 5 nitrogen and oxygen atoms in total. The van der Waals surface area contributed by atoms with Crippen molar-refractivity contribution in [2.24, 2.45) is 0 Å². The van der Waals surface area contributed by atoms with Gasteiger partial charge in [-0.3, -0.25) is 0 Å². The van der Waals surface area contributed by atoms with E-state index < -0.39 is 8.25 Å². The third-order valence-corrected chi connectivity index (χ3v) is 6.74. The van der Waals surface area contributed by atoms with Gasteiger partial charge in [-0.05, 0) is 83.7 Å². The predicted molar refractivity (Wildman–Crippen MR) is 139 cm³/mol. The molecule has 0 spiro atoms. The van der Waals surface area contributed by atoms with E-state index in [0.717, 1.165) is 59.1 Å². The van der Waals surface area contributed by atoms with Gasteiger partial charge in [0, 0.05) is 4.57 Å². The highest BCUT2D eigenvalue weighted by atomic mass is 31.1. The minimum absolute atomic E-state index is 0.133. The first kappa shape index (κ1) is 28.3. The molecular weight excluding hydrogens is 447 g/mol. The topological polar surface area (TPSA) is 76.0 Å². The van der Waals surface area contributed by atoms with Crippen LogP contribution in [-0.2, 0) is 37.3 Å². The van der Waals surface area contributed by atoms with Crippen LogP contribution >= 0.6 is 8.25 Å². The van der Waals surface area contributed by atoms with Crippen LogP contribution in [0.5, 0.6) is 11.5 Å². The quantitative estimate of drug-likeness (QED) is 0.266. The molecule has 2 rings (SSSR count). The Kier molecular flexibility index (Phi) is 9.71. The summed E-state index contributed by atoms with van der Waals surface area (Å²) in [6.07, 6.45) is 3.01. The summed E-state index contributed by atoms with van der Waals surface area (Å²) in [5.74, 6) is 0.724. The maximum atomic E-state index is 12.1. The van der Waals surface area contributed by atoms with E-state index in [1.54, 1.807) is 0 Å². The Balaban J connectivity index is 1.76. The molecule has 0 fully saturated rings. The lowest BCUT2D eigenvalue weighted by Gasteiger charge is -2.22. The van der Waals surface area contributed by atoms with Crippen molar-refractivity contribution >= 4 is 8.25 Å². The van der Waals surface area contributed by atoms with Crippen LogP contribution in [-0.4, -0.2) is 23.4 Å². The van der Waals surface area contributed by atoms with Crippen LogP contribution in [0.25, 0.3) is 0 Å². The summed E-state index contributed by atoms with van der Waals surface area (Å²) < 4.78 is 22.8. The molecule has 0 aliphatic heterocycles. The maximum absolute atomic E-state index is 12.1. The standard InChI is InChI=1S/C28H41O5P/c1-19-15-21(17-23(25(19)29)27(3,4)5)11-9-13-32-34(31)33-14-10-12-22-16-20(2)26(30)24(18-22)28(6,7)8/h15-18H,9-14H2,1-8H3,(H-,29,30)/p+1. The third kappa shape index (κ3) is 8.08. The van der Waals surface area contributed by atoms with Gasteiger partial charge < -0.3 is 10.2 Å². The third-order valence-electron chi connectivity index (χ3n) is 5.95. The Labute approximate surface area is 206 Å². The predicted octanol–water partition coefficient (Wildman–Crippen LogP) is 7.57. The summed E-state index contributed by atoms with van der Waals surface area (Å²) in [6, 6.07) is 8.10. The van der Waals surface area contributed by atoms with Crippen LogP contribution in [0.4, 0.5) is 0 Å². The van der Waals surface area contributed by atoms with Gasteiger partial charge in [-0.25, -0.2) is 0 Å².